The van der Waals surface area contributed by atoms with Crippen LogP contribution in [0, 0.1) is 24.0 Å². The number of halogens is 4. The van der Waals surface area contributed by atoms with Crippen LogP contribution in [-0.4, -0.2) is 17.7 Å². The monoisotopic (exact) mass is 536 g/mol. The van der Waals surface area contributed by atoms with Gasteiger partial charge in [-0.25, -0.2) is 0 Å². The van der Waals surface area contributed by atoms with E-state index in [1.165, 1.54) is 0 Å². The van der Waals surface area contributed by atoms with Crippen molar-refractivity contribution in [3.63, 3.8) is 0 Å². The van der Waals surface area contributed by atoms with Crippen molar-refractivity contribution in [1.82, 2.24) is 0 Å². The van der Waals surface area contributed by atoms with Crippen LogP contribution in [0.25, 0.3) is 0 Å². The number of benzene rings is 3. The molecule has 3 rings (SSSR count). The van der Waals surface area contributed by atoms with Gasteiger partial charge in [-0.2, -0.15) is 13.2 Å². The number of aryl methyl sites for hydroxylation is 2. The largest absolute Gasteiger partial charge is 0.490 e. The molecule has 0 saturated carbocycles. The first-order valence-electron chi connectivity index (χ1n) is 10.1. The summed E-state index contributed by atoms with van der Waals surface area (Å²) in [5.41, 5.74) is 1.56. The molecule has 0 N–H and O–H groups in total. The number of nitro groups is 1. The highest BCUT2D eigenvalue weighted by Crippen LogP contribution is 2.43. The number of hydrogen-bond acceptors (Lipinski definition) is 5. The van der Waals surface area contributed by atoms with Crippen molar-refractivity contribution in [3.8, 4) is 17.2 Å². The summed E-state index contributed by atoms with van der Waals surface area (Å²) >= 11 is 3.37. The topological polar surface area (TPSA) is 74.0 Å². The minimum atomic E-state index is -4.73. The van der Waals surface area contributed by atoms with Gasteiger partial charge in [0.1, 0.15) is 0 Å². The fraction of sp³-hybridized carbons (Fsp3) is 0.208. The van der Waals surface area contributed by atoms with Crippen molar-refractivity contribution < 1.29 is 27.6 Å². The van der Waals surface area contributed by atoms with Crippen molar-refractivity contribution >= 4 is 33.5 Å². The van der Waals surface area contributed by atoms with Crippen molar-refractivity contribution in [3.05, 3.63) is 85.4 Å². The first-order chi connectivity index (χ1) is 16.0. The van der Waals surface area contributed by atoms with Crippen LogP contribution in [0.3, 0.4) is 0 Å². The summed E-state index contributed by atoms with van der Waals surface area (Å²) in [7, 11) is 0. The van der Waals surface area contributed by atoms with Gasteiger partial charge in [-0.1, -0.05) is 12.1 Å². The van der Waals surface area contributed by atoms with Gasteiger partial charge in [0.05, 0.1) is 27.3 Å². The maximum atomic E-state index is 13.0. The second-order valence-electron chi connectivity index (χ2n) is 7.35. The fourth-order valence-electron chi connectivity index (χ4n) is 3.06. The molecule has 34 heavy (non-hydrogen) atoms. The van der Waals surface area contributed by atoms with Gasteiger partial charge >= 0.3 is 11.9 Å². The number of rotatable bonds is 7. The van der Waals surface area contributed by atoms with E-state index >= 15 is 0 Å². The van der Waals surface area contributed by atoms with Crippen LogP contribution < -0.4 is 9.47 Å². The lowest BCUT2D eigenvalue weighted by Gasteiger charge is -2.15. The molecule has 0 heterocycles. The van der Waals surface area contributed by atoms with Crippen molar-refractivity contribution in [2.75, 3.05) is 6.61 Å². The van der Waals surface area contributed by atoms with E-state index in [1.807, 2.05) is 32.0 Å². The highest BCUT2D eigenvalue weighted by Gasteiger charge is 2.33. The van der Waals surface area contributed by atoms with Crippen LogP contribution in [0.5, 0.6) is 17.2 Å². The molecule has 3 aromatic carbocycles. The second kappa shape index (κ2) is 10.3. The van der Waals surface area contributed by atoms with Gasteiger partial charge in [-0.15, -0.1) is 0 Å². The van der Waals surface area contributed by atoms with Gasteiger partial charge in [-0.3, -0.25) is 15.1 Å². The summed E-state index contributed by atoms with van der Waals surface area (Å²) in [6.45, 7) is 5.92. The molecule has 0 fully saturated rings. The van der Waals surface area contributed by atoms with Gasteiger partial charge in [0.15, 0.2) is 11.5 Å². The zero-order chi connectivity index (χ0) is 25.0. The first kappa shape index (κ1) is 25.2. The molecular formula is C24H20BrF3N2O4. The minimum absolute atomic E-state index is 0.0913. The molecule has 3 aromatic rings. The minimum Gasteiger partial charge on any atom is -0.490 e. The molecule has 10 heteroatoms. The maximum absolute atomic E-state index is 13.0. The summed E-state index contributed by atoms with van der Waals surface area (Å²) in [5, 5.41) is 11.4. The lowest BCUT2D eigenvalue weighted by atomic mass is 10.1. The van der Waals surface area contributed by atoms with Crippen molar-refractivity contribution in [2.45, 2.75) is 26.9 Å². The molecule has 0 atom stereocenters. The SMILES string of the molecule is CCOc1cc(C=Nc2cc(C)ccc2C)cc(Br)c1Oc1ccc(C(F)(F)F)cc1[N+](=O)[O-]. The Morgan fingerprint density at radius 1 is 1.09 bits per heavy atom. The molecule has 0 spiro atoms. The molecule has 178 valence electrons. The molecule has 0 radical (unpaired) electrons. The zero-order valence-corrected chi connectivity index (χ0v) is 20.0. The average Bonchev–Trinajstić information content (AvgIpc) is 2.76. The second-order valence-corrected chi connectivity index (χ2v) is 8.20. The van der Waals surface area contributed by atoms with E-state index in [-0.39, 0.29) is 23.9 Å². The van der Waals surface area contributed by atoms with Gasteiger partial charge < -0.3 is 9.47 Å². The number of nitro benzene ring substituents is 1. The average molecular weight is 537 g/mol. The molecule has 0 unspecified atom stereocenters. The van der Waals surface area contributed by atoms with E-state index in [4.69, 9.17) is 9.47 Å². The Hall–Kier alpha value is -3.40. The van der Waals surface area contributed by atoms with Crippen LogP contribution in [0.2, 0.25) is 0 Å². The Labute approximate surface area is 202 Å². The number of aliphatic imine (C=N–C) groups is 1. The number of alkyl halides is 3. The number of nitrogens with zero attached hydrogens (tertiary/aromatic N) is 2. The van der Waals surface area contributed by atoms with Crippen LogP contribution in [0.15, 0.2) is 58.0 Å². The van der Waals surface area contributed by atoms with E-state index in [2.05, 4.69) is 20.9 Å². The molecule has 6 nitrogen and oxygen atoms in total. The predicted octanol–water partition coefficient (Wildman–Crippen LogP) is 7.93. The lowest BCUT2D eigenvalue weighted by Crippen LogP contribution is -2.06. The lowest BCUT2D eigenvalue weighted by molar-refractivity contribution is -0.385. The highest BCUT2D eigenvalue weighted by atomic mass is 79.9. The Morgan fingerprint density at radius 3 is 2.47 bits per heavy atom. The Morgan fingerprint density at radius 2 is 1.82 bits per heavy atom. The molecule has 0 saturated heterocycles. The third-order valence-corrected chi connectivity index (χ3v) is 5.33. The summed E-state index contributed by atoms with van der Waals surface area (Å²) in [5.74, 6) is -0.0152. The van der Waals surface area contributed by atoms with Crippen LogP contribution in [-0.2, 0) is 6.18 Å². The third kappa shape index (κ3) is 5.93. The Bertz CT molecular complexity index is 1260. The van der Waals surface area contributed by atoms with E-state index in [0.717, 1.165) is 28.9 Å². The standard InChI is InChI=1S/C24H20BrF3N2O4/c1-4-33-22-11-16(13-29-19-9-14(2)5-6-15(19)3)10-18(25)23(22)34-21-8-7-17(24(26,27)28)12-20(21)30(31)32/h5-13H,4H2,1-3H3. The fourth-order valence-corrected chi connectivity index (χ4v) is 3.60. The smallest absolute Gasteiger partial charge is 0.416 e. The summed E-state index contributed by atoms with van der Waals surface area (Å²) in [4.78, 5) is 15.0. The normalized spacial score (nSPS) is 11.6. The van der Waals surface area contributed by atoms with Gasteiger partial charge in [0.25, 0.3) is 0 Å². The van der Waals surface area contributed by atoms with E-state index < -0.39 is 22.4 Å². The molecular weight excluding hydrogens is 517 g/mol. The Balaban J connectivity index is 2.00. The summed E-state index contributed by atoms with van der Waals surface area (Å²) in [6.07, 6.45) is -3.09. The quantitative estimate of drug-likeness (QED) is 0.174. The van der Waals surface area contributed by atoms with Crippen molar-refractivity contribution in [1.29, 1.82) is 0 Å². The predicted molar refractivity (Wildman–Crippen MR) is 127 cm³/mol. The van der Waals surface area contributed by atoms with Crippen LogP contribution in [0.4, 0.5) is 24.5 Å². The molecule has 0 bridgehead atoms. The summed E-state index contributed by atoms with van der Waals surface area (Å²) < 4.78 is 50.7. The highest BCUT2D eigenvalue weighted by molar-refractivity contribution is 9.10. The number of hydrogen-bond donors (Lipinski definition) is 0. The van der Waals surface area contributed by atoms with E-state index in [9.17, 15) is 23.3 Å². The number of ether oxygens (including phenoxy) is 2. The molecule has 0 aliphatic rings. The van der Waals surface area contributed by atoms with E-state index in [1.54, 1.807) is 25.3 Å². The molecule has 0 amide bonds. The van der Waals surface area contributed by atoms with Gasteiger partial charge in [0, 0.05) is 12.3 Å². The Kier molecular flexibility index (Phi) is 7.61. The van der Waals surface area contributed by atoms with Crippen LogP contribution in [0.1, 0.15) is 29.2 Å². The van der Waals surface area contributed by atoms with Gasteiger partial charge in [-0.05, 0) is 83.7 Å². The van der Waals surface area contributed by atoms with Crippen LogP contribution >= 0.6 is 15.9 Å². The van der Waals surface area contributed by atoms with E-state index in [0.29, 0.717) is 16.1 Å². The van der Waals surface area contributed by atoms with Gasteiger partial charge in [0.2, 0.25) is 5.75 Å². The molecule has 0 aromatic heterocycles. The first-order valence-corrected chi connectivity index (χ1v) is 10.9. The molecule has 0 aliphatic carbocycles. The summed E-state index contributed by atoms with van der Waals surface area (Å²) in [6, 6.07) is 11.3. The third-order valence-electron chi connectivity index (χ3n) is 4.74. The molecule has 0 aliphatic heterocycles. The zero-order valence-electron chi connectivity index (χ0n) is 18.4. The van der Waals surface area contributed by atoms with Crippen molar-refractivity contribution in [2.24, 2.45) is 4.99 Å². The maximum Gasteiger partial charge on any atom is 0.416 e.